The monoisotopic (exact) mass is 447 g/mol. The van der Waals surface area contributed by atoms with Crippen molar-refractivity contribution in [3.05, 3.63) is 70.3 Å². The summed E-state index contributed by atoms with van der Waals surface area (Å²) in [5.74, 6) is -1.17. The summed E-state index contributed by atoms with van der Waals surface area (Å²) >= 11 is 0. The van der Waals surface area contributed by atoms with E-state index in [2.05, 4.69) is 0 Å². The molecule has 0 aliphatic carbocycles. The zero-order valence-corrected chi connectivity index (χ0v) is 17.8. The number of piperidine rings is 1. The number of aliphatic carboxylic acids is 1. The lowest BCUT2D eigenvalue weighted by Crippen LogP contribution is -2.42. The Hall–Kier alpha value is -2.82. The van der Waals surface area contributed by atoms with Crippen molar-refractivity contribution in [1.82, 2.24) is 9.21 Å². The smallest absolute Gasteiger partial charge is 0.306 e. The highest BCUT2D eigenvalue weighted by molar-refractivity contribution is 7.89. The Bertz CT molecular complexity index is 1020. The zero-order chi connectivity index (χ0) is 22.4. The summed E-state index contributed by atoms with van der Waals surface area (Å²) in [6, 6.07) is 14.4. The lowest BCUT2D eigenvalue weighted by atomic mass is 9.97. The Morgan fingerprint density at radius 2 is 1.71 bits per heavy atom. The summed E-state index contributed by atoms with van der Waals surface area (Å²) < 4.78 is 28.1. The van der Waals surface area contributed by atoms with Crippen molar-refractivity contribution in [3.63, 3.8) is 0 Å². The van der Waals surface area contributed by atoms with Gasteiger partial charge in [-0.1, -0.05) is 42.5 Å². The third kappa shape index (κ3) is 5.66. The Labute approximate surface area is 181 Å². The van der Waals surface area contributed by atoms with E-state index in [1.807, 2.05) is 23.1 Å². The summed E-state index contributed by atoms with van der Waals surface area (Å²) in [6.45, 7) is 1.78. The number of nitrogens with zero attached hydrogens (tertiary/aromatic N) is 3. The molecule has 0 aromatic heterocycles. The minimum Gasteiger partial charge on any atom is -0.481 e. The van der Waals surface area contributed by atoms with Gasteiger partial charge in [-0.2, -0.15) is 4.31 Å². The van der Waals surface area contributed by atoms with Crippen LogP contribution in [-0.2, 0) is 21.4 Å². The van der Waals surface area contributed by atoms with Crippen LogP contribution in [0.3, 0.4) is 0 Å². The maximum Gasteiger partial charge on any atom is 0.306 e. The average Bonchev–Trinajstić information content (AvgIpc) is 2.77. The van der Waals surface area contributed by atoms with E-state index < -0.39 is 26.6 Å². The van der Waals surface area contributed by atoms with Gasteiger partial charge in [0.05, 0.1) is 10.8 Å². The second kappa shape index (κ2) is 9.99. The van der Waals surface area contributed by atoms with Crippen molar-refractivity contribution in [2.75, 3.05) is 26.2 Å². The maximum absolute atomic E-state index is 13.4. The fourth-order valence-electron chi connectivity index (χ4n) is 3.69. The van der Waals surface area contributed by atoms with Crippen LogP contribution in [-0.4, -0.2) is 59.8 Å². The van der Waals surface area contributed by atoms with Gasteiger partial charge in [0.15, 0.2) is 4.90 Å². The standard InChI is InChI=1S/C21H25N3O6S/c25-21(26)18-10-12-22(13-11-18)14-15-23(16-17-6-2-1-3-7-17)31(29,30)20-9-5-4-8-19(20)24(27)28/h1-9,18H,10-16H2,(H,25,26). The largest absolute Gasteiger partial charge is 0.481 e. The molecule has 0 atom stereocenters. The molecule has 1 N–H and O–H groups in total. The van der Waals surface area contributed by atoms with E-state index in [1.165, 1.54) is 28.6 Å². The molecule has 0 bridgehead atoms. The molecule has 1 saturated heterocycles. The van der Waals surface area contributed by atoms with Crippen LogP contribution >= 0.6 is 0 Å². The van der Waals surface area contributed by atoms with Gasteiger partial charge in [0.1, 0.15) is 0 Å². The van der Waals surface area contributed by atoms with Gasteiger partial charge in [0.25, 0.3) is 5.69 Å². The van der Waals surface area contributed by atoms with Crippen molar-refractivity contribution in [3.8, 4) is 0 Å². The normalized spacial score (nSPS) is 15.8. The number of para-hydroxylation sites is 1. The van der Waals surface area contributed by atoms with Crippen LogP contribution in [0, 0.1) is 16.0 Å². The molecule has 9 nitrogen and oxygen atoms in total. The quantitative estimate of drug-likeness (QED) is 0.463. The fourth-order valence-corrected chi connectivity index (χ4v) is 5.27. The first kappa shape index (κ1) is 22.9. The number of nitro benzene ring substituents is 1. The SMILES string of the molecule is O=C(O)C1CCN(CCN(Cc2ccccc2)S(=O)(=O)c2ccccc2[N+](=O)[O-])CC1. The Kier molecular flexibility index (Phi) is 7.37. The molecule has 1 aliphatic rings. The maximum atomic E-state index is 13.4. The molecule has 0 unspecified atom stereocenters. The third-order valence-corrected chi connectivity index (χ3v) is 7.38. The highest BCUT2D eigenvalue weighted by Crippen LogP contribution is 2.27. The molecule has 2 aromatic rings. The molecule has 0 saturated carbocycles. The van der Waals surface area contributed by atoms with E-state index in [0.29, 0.717) is 32.5 Å². The van der Waals surface area contributed by atoms with Crippen LogP contribution in [0.2, 0.25) is 0 Å². The first-order valence-corrected chi connectivity index (χ1v) is 11.5. The number of nitro groups is 1. The van der Waals surface area contributed by atoms with Crippen molar-refractivity contribution in [2.45, 2.75) is 24.3 Å². The number of benzene rings is 2. The number of carbonyl (C=O) groups is 1. The van der Waals surface area contributed by atoms with Gasteiger partial charge in [-0.25, -0.2) is 8.42 Å². The van der Waals surface area contributed by atoms with E-state index in [1.54, 1.807) is 12.1 Å². The molecule has 3 rings (SSSR count). The number of hydrogen-bond donors (Lipinski definition) is 1. The molecule has 1 aliphatic heterocycles. The van der Waals surface area contributed by atoms with Crippen LogP contribution in [0.4, 0.5) is 5.69 Å². The summed E-state index contributed by atoms with van der Waals surface area (Å²) in [4.78, 5) is 23.6. The van der Waals surface area contributed by atoms with Gasteiger partial charge in [-0.05, 0) is 37.6 Å². The number of carboxylic acids is 1. The van der Waals surface area contributed by atoms with E-state index in [0.717, 1.165) is 5.56 Å². The minimum atomic E-state index is -4.13. The van der Waals surface area contributed by atoms with Crippen LogP contribution in [0.5, 0.6) is 0 Å². The second-order valence-electron chi connectivity index (χ2n) is 7.50. The molecule has 0 amide bonds. The minimum absolute atomic E-state index is 0.0841. The predicted octanol–water partition coefficient (Wildman–Crippen LogP) is 2.58. The number of carboxylic acid groups (broad SMARTS) is 1. The Morgan fingerprint density at radius 3 is 2.32 bits per heavy atom. The average molecular weight is 448 g/mol. The van der Waals surface area contributed by atoms with E-state index in [9.17, 15) is 23.3 Å². The molecule has 166 valence electrons. The van der Waals surface area contributed by atoms with E-state index >= 15 is 0 Å². The molecule has 10 heteroatoms. The van der Waals surface area contributed by atoms with Gasteiger partial charge in [0, 0.05) is 25.7 Å². The molecule has 0 spiro atoms. The lowest BCUT2D eigenvalue weighted by molar-refractivity contribution is -0.387. The second-order valence-corrected chi connectivity index (χ2v) is 9.41. The molecule has 31 heavy (non-hydrogen) atoms. The Balaban J connectivity index is 1.82. The van der Waals surface area contributed by atoms with Crippen molar-refractivity contribution in [2.24, 2.45) is 5.92 Å². The third-order valence-electron chi connectivity index (χ3n) is 5.48. The summed E-state index contributed by atoms with van der Waals surface area (Å²) in [5, 5.41) is 20.6. The van der Waals surface area contributed by atoms with Crippen LogP contribution < -0.4 is 0 Å². The molecule has 1 heterocycles. The van der Waals surface area contributed by atoms with Gasteiger partial charge in [-0.15, -0.1) is 0 Å². The van der Waals surface area contributed by atoms with E-state index in [4.69, 9.17) is 5.11 Å². The van der Waals surface area contributed by atoms with Crippen molar-refractivity contribution in [1.29, 1.82) is 0 Å². The van der Waals surface area contributed by atoms with Gasteiger partial charge in [0.2, 0.25) is 10.0 Å². The van der Waals surface area contributed by atoms with Crippen molar-refractivity contribution < 1.29 is 23.2 Å². The topological polar surface area (TPSA) is 121 Å². The Morgan fingerprint density at radius 1 is 1.10 bits per heavy atom. The summed E-state index contributed by atoms with van der Waals surface area (Å²) in [7, 11) is -4.13. The first-order chi connectivity index (χ1) is 14.8. The van der Waals surface area contributed by atoms with Gasteiger partial charge >= 0.3 is 5.97 Å². The number of rotatable bonds is 9. The summed E-state index contributed by atoms with van der Waals surface area (Å²) in [5.41, 5.74) is 0.317. The molecule has 2 aromatic carbocycles. The molecule has 1 fully saturated rings. The van der Waals surface area contributed by atoms with Crippen LogP contribution in [0.15, 0.2) is 59.5 Å². The highest BCUT2D eigenvalue weighted by Gasteiger charge is 2.32. The fraction of sp³-hybridized carbons (Fsp3) is 0.381. The predicted molar refractivity (Wildman–Crippen MR) is 114 cm³/mol. The number of hydrogen-bond acceptors (Lipinski definition) is 6. The van der Waals surface area contributed by atoms with Gasteiger partial charge < -0.3 is 10.0 Å². The van der Waals surface area contributed by atoms with Crippen LogP contribution in [0.25, 0.3) is 0 Å². The molecular weight excluding hydrogens is 422 g/mol. The lowest BCUT2D eigenvalue weighted by Gasteiger charge is -2.32. The van der Waals surface area contributed by atoms with Crippen molar-refractivity contribution >= 4 is 21.7 Å². The van der Waals surface area contributed by atoms with E-state index in [-0.39, 0.29) is 23.9 Å². The molecular formula is C21H25N3O6S. The zero-order valence-electron chi connectivity index (χ0n) is 17.0. The highest BCUT2D eigenvalue weighted by atomic mass is 32.2. The van der Waals surface area contributed by atoms with Gasteiger partial charge in [-0.3, -0.25) is 14.9 Å². The van der Waals surface area contributed by atoms with Crippen LogP contribution in [0.1, 0.15) is 18.4 Å². The number of likely N-dealkylation sites (tertiary alicyclic amines) is 1. The first-order valence-electron chi connectivity index (χ1n) is 10.0. The number of sulfonamides is 1. The molecule has 0 radical (unpaired) electrons. The summed E-state index contributed by atoms with van der Waals surface area (Å²) in [6.07, 6.45) is 1.04.